The van der Waals surface area contributed by atoms with Gasteiger partial charge in [-0.25, -0.2) is 0 Å². The quantitative estimate of drug-likeness (QED) is 0.222. The molecule has 0 fully saturated rings. The minimum Gasteiger partial charge on any atom is -0.384 e. The van der Waals surface area contributed by atoms with Crippen LogP contribution in [0.1, 0.15) is 21.5 Å². The summed E-state index contributed by atoms with van der Waals surface area (Å²) in [6, 6.07) is 16.7. The summed E-state index contributed by atoms with van der Waals surface area (Å²) in [6.45, 7) is 1.88. The zero-order valence-electron chi connectivity index (χ0n) is 20.0. The van der Waals surface area contributed by atoms with Gasteiger partial charge in [0, 0.05) is 60.1 Å². The molecule has 8 nitrogen and oxygen atoms in total. The molecule has 2 aromatic heterocycles. The predicted molar refractivity (Wildman–Crippen MR) is 140 cm³/mol. The molecule has 35 heavy (non-hydrogen) atoms. The number of amidine groups is 1. The summed E-state index contributed by atoms with van der Waals surface area (Å²) in [6.07, 6.45) is 4.26. The highest BCUT2D eigenvalue weighted by molar-refractivity contribution is 6.07. The van der Waals surface area contributed by atoms with Gasteiger partial charge >= 0.3 is 0 Å². The number of H-pyrrole nitrogens is 1. The Labute approximate surface area is 203 Å². The first-order valence-corrected chi connectivity index (χ1v) is 11.5. The van der Waals surface area contributed by atoms with Gasteiger partial charge in [-0.1, -0.05) is 18.2 Å². The van der Waals surface area contributed by atoms with Crippen molar-refractivity contribution in [3.05, 3.63) is 94.0 Å². The van der Waals surface area contributed by atoms with Crippen molar-refractivity contribution >= 4 is 22.6 Å². The fraction of sp³-hybridized carbons (Fsp3) is 0.222. The SMILES string of the molecule is CN(C)CCn1cc(-c2ccc(C(=O)NCCc3ccc4[nH]cc(C(=N)N)c4c3)cc2)ccc1=O. The molecule has 8 heteroatoms. The van der Waals surface area contributed by atoms with E-state index in [2.05, 4.69) is 10.3 Å². The second-order valence-corrected chi connectivity index (χ2v) is 8.83. The maximum Gasteiger partial charge on any atom is 0.251 e. The van der Waals surface area contributed by atoms with E-state index in [4.69, 9.17) is 11.1 Å². The molecule has 1 amide bonds. The number of nitrogens with one attached hydrogen (secondary N) is 3. The van der Waals surface area contributed by atoms with E-state index in [0.29, 0.717) is 30.6 Å². The number of nitrogens with two attached hydrogens (primary N) is 1. The molecular weight excluding hydrogens is 440 g/mol. The lowest BCUT2D eigenvalue weighted by Gasteiger charge is -2.12. The summed E-state index contributed by atoms with van der Waals surface area (Å²) >= 11 is 0. The highest BCUT2D eigenvalue weighted by Crippen LogP contribution is 2.20. The molecule has 0 aliphatic rings. The van der Waals surface area contributed by atoms with Crippen LogP contribution in [0.3, 0.4) is 0 Å². The topological polar surface area (TPSA) is 120 Å². The van der Waals surface area contributed by atoms with Crippen LogP contribution in [-0.4, -0.2) is 53.4 Å². The van der Waals surface area contributed by atoms with Crippen LogP contribution >= 0.6 is 0 Å². The van der Waals surface area contributed by atoms with Gasteiger partial charge in [-0.3, -0.25) is 15.0 Å². The van der Waals surface area contributed by atoms with Gasteiger partial charge in [0.15, 0.2) is 0 Å². The number of aromatic nitrogens is 2. The molecule has 0 aliphatic heterocycles. The molecule has 0 atom stereocenters. The van der Waals surface area contributed by atoms with Crippen molar-refractivity contribution in [1.82, 2.24) is 19.8 Å². The standard InChI is InChI=1S/C27H30N6O2/c1-32(2)13-14-33-17-21(8-10-25(33)34)19-4-6-20(7-5-19)27(35)30-12-11-18-3-9-24-22(15-18)23(16-31-24)26(28)29/h3-10,15-17,31H,11-14H2,1-2H3,(H3,28,29)(H,30,35). The van der Waals surface area contributed by atoms with Crippen LogP contribution < -0.4 is 16.6 Å². The number of hydrogen-bond donors (Lipinski definition) is 4. The summed E-state index contributed by atoms with van der Waals surface area (Å²) < 4.78 is 1.71. The van der Waals surface area contributed by atoms with Gasteiger partial charge in [-0.2, -0.15) is 0 Å². The lowest BCUT2D eigenvalue weighted by molar-refractivity contribution is 0.0954. The Kier molecular flexibility index (Phi) is 7.12. The number of hydrogen-bond acceptors (Lipinski definition) is 4. The number of nitrogens with zero attached hydrogens (tertiary/aromatic N) is 2. The number of carbonyl (C=O) groups excluding carboxylic acids is 1. The first-order valence-electron chi connectivity index (χ1n) is 11.5. The zero-order valence-corrected chi connectivity index (χ0v) is 20.0. The number of aromatic amines is 1. The molecule has 0 saturated heterocycles. The first kappa shape index (κ1) is 24.0. The molecule has 4 rings (SSSR count). The highest BCUT2D eigenvalue weighted by Gasteiger charge is 2.09. The molecule has 2 aromatic carbocycles. The van der Waals surface area contributed by atoms with Crippen molar-refractivity contribution < 1.29 is 4.79 Å². The summed E-state index contributed by atoms with van der Waals surface area (Å²) in [5.41, 5.74) is 10.7. The highest BCUT2D eigenvalue weighted by atomic mass is 16.1. The van der Waals surface area contributed by atoms with Crippen LogP contribution in [0.2, 0.25) is 0 Å². The Morgan fingerprint density at radius 2 is 1.83 bits per heavy atom. The number of fused-ring (bicyclic) bond motifs is 1. The van der Waals surface area contributed by atoms with Crippen LogP contribution in [-0.2, 0) is 13.0 Å². The second-order valence-electron chi connectivity index (χ2n) is 8.83. The molecule has 5 N–H and O–H groups in total. The van der Waals surface area contributed by atoms with E-state index in [-0.39, 0.29) is 17.3 Å². The van der Waals surface area contributed by atoms with Gasteiger partial charge in [0.05, 0.1) is 0 Å². The van der Waals surface area contributed by atoms with Crippen molar-refractivity contribution in [1.29, 1.82) is 5.41 Å². The van der Waals surface area contributed by atoms with Gasteiger partial charge in [-0.15, -0.1) is 0 Å². The molecule has 180 valence electrons. The third-order valence-corrected chi connectivity index (χ3v) is 5.99. The van der Waals surface area contributed by atoms with Gasteiger partial charge in [0.1, 0.15) is 5.84 Å². The minimum atomic E-state index is -0.139. The van der Waals surface area contributed by atoms with Gasteiger partial charge in [0.25, 0.3) is 11.5 Å². The number of pyridine rings is 1. The fourth-order valence-electron chi connectivity index (χ4n) is 3.97. The van der Waals surface area contributed by atoms with E-state index in [1.807, 2.05) is 61.6 Å². The van der Waals surface area contributed by atoms with Crippen molar-refractivity contribution in [3.8, 4) is 11.1 Å². The second kappa shape index (κ2) is 10.4. The van der Waals surface area contributed by atoms with Crippen molar-refractivity contribution in [3.63, 3.8) is 0 Å². The van der Waals surface area contributed by atoms with Crippen LogP contribution in [0.25, 0.3) is 22.0 Å². The number of benzene rings is 2. The van der Waals surface area contributed by atoms with E-state index in [9.17, 15) is 9.59 Å². The van der Waals surface area contributed by atoms with E-state index in [0.717, 1.165) is 34.1 Å². The molecule has 0 aliphatic carbocycles. The van der Waals surface area contributed by atoms with E-state index in [1.165, 1.54) is 0 Å². The van der Waals surface area contributed by atoms with E-state index in [1.54, 1.807) is 29.0 Å². The van der Waals surface area contributed by atoms with Crippen LogP contribution in [0, 0.1) is 5.41 Å². The summed E-state index contributed by atoms with van der Waals surface area (Å²) in [4.78, 5) is 29.9. The average molecular weight is 471 g/mol. The third-order valence-electron chi connectivity index (χ3n) is 5.99. The lowest BCUT2D eigenvalue weighted by atomic mass is 10.0. The fourth-order valence-corrected chi connectivity index (χ4v) is 3.97. The van der Waals surface area contributed by atoms with Crippen LogP contribution in [0.15, 0.2) is 71.8 Å². The van der Waals surface area contributed by atoms with Crippen LogP contribution in [0.5, 0.6) is 0 Å². The predicted octanol–water partition coefficient (Wildman–Crippen LogP) is 2.81. The Morgan fingerprint density at radius 3 is 2.54 bits per heavy atom. The Hall–Kier alpha value is -4.17. The summed E-state index contributed by atoms with van der Waals surface area (Å²) in [7, 11) is 3.95. The molecule has 0 saturated carbocycles. The zero-order chi connectivity index (χ0) is 24.9. The maximum atomic E-state index is 12.6. The molecule has 0 radical (unpaired) electrons. The molecular formula is C27H30N6O2. The van der Waals surface area contributed by atoms with Gasteiger partial charge in [0.2, 0.25) is 0 Å². The Morgan fingerprint density at radius 1 is 1.09 bits per heavy atom. The minimum absolute atomic E-state index is 0.0255. The first-order chi connectivity index (χ1) is 16.8. The van der Waals surface area contributed by atoms with Crippen LogP contribution in [0.4, 0.5) is 0 Å². The van der Waals surface area contributed by atoms with E-state index < -0.39 is 0 Å². The van der Waals surface area contributed by atoms with Crippen molar-refractivity contribution in [2.24, 2.45) is 5.73 Å². The number of rotatable bonds is 9. The van der Waals surface area contributed by atoms with E-state index >= 15 is 0 Å². The number of nitrogen functional groups attached to an aromatic ring is 1. The molecule has 0 unspecified atom stereocenters. The Bertz CT molecular complexity index is 1420. The number of carbonyl (C=O) groups is 1. The summed E-state index contributed by atoms with van der Waals surface area (Å²) in [5, 5.41) is 11.6. The van der Waals surface area contributed by atoms with Gasteiger partial charge < -0.3 is 25.5 Å². The number of likely N-dealkylation sites (N-methyl/N-ethyl adjacent to an activating group) is 1. The third kappa shape index (κ3) is 5.67. The number of amides is 1. The van der Waals surface area contributed by atoms with Crippen molar-refractivity contribution in [2.75, 3.05) is 27.2 Å². The molecule has 0 spiro atoms. The Balaban J connectivity index is 1.38. The van der Waals surface area contributed by atoms with Crippen molar-refractivity contribution in [2.45, 2.75) is 13.0 Å². The summed E-state index contributed by atoms with van der Waals surface area (Å²) in [5.74, 6) is -0.114. The van der Waals surface area contributed by atoms with Gasteiger partial charge in [-0.05, 0) is 67.5 Å². The molecule has 0 bridgehead atoms. The molecule has 2 heterocycles. The monoisotopic (exact) mass is 470 g/mol. The normalized spacial score (nSPS) is 11.2. The molecule has 4 aromatic rings. The lowest BCUT2D eigenvalue weighted by Crippen LogP contribution is -2.26. The average Bonchev–Trinajstić information content (AvgIpc) is 3.27. The largest absolute Gasteiger partial charge is 0.384 e. The smallest absolute Gasteiger partial charge is 0.251 e. The maximum absolute atomic E-state index is 12.6.